The van der Waals surface area contributed by atoms with E-state index in [2.05, 4.69) is 6.92 Å². The summed E-state index contributed by atoms with van der Waals surface area (Å²) in [7, 11) is 3.03. The maximum atomic E-state index is 13.2. The van der Waals surface area contributed by atoms with Crippen molar-refractivity contribution in [1.29, 1.82) is 0 Å². The van der Waals surface area contributed by atoms with Gasteiger partial charge in [0.25, 0.3) is 5.91 Å². The van der Waals surface area contributed by atoms with E-state index in [1.807, 2.05) is 0 Å². The number of hydrogen-bond acceptors (Lipinski definition) is 5. The summed E-state index contributed by atoms with van der Waals surface area (Å²) in [6, 6.07) is 11.9. The van der Waals surface area contributed by atoms with Crippen LogP contribution in [-0.2, 0) is 4.79 Å². The van der Waals surface area contributed by atoms with Gasteiger partial charge in [0.1, 0.15) is 17.2 Å². The summed E-state index contributed by atoms with van der Waals surface area (Å²) in [5.74, 6) is 0.802. The average Bonchev–Trinajstić information content (AvgIpc) is 2.95. The quantitative estimate of drug-likeness (QED) is 0.157. The van der Waals surface area contributed by atoms with Crippen LogP contribution in [-0.4, -0.2) is 32.6 Å². The third-order valence-electron chi connectivity index (χ3n) is 7.01. The van der Waals surface area contributed by atoms with Crippen LogP contribution in [0.2, 0.25) is 0 Å². The van der Waals surface area contributed by atoms with Crippen LogP contribution in [0.25, 0.3) is 0 Å². The molecule has 0 saturated carbocycles. The minimum Gasteiger partial charge on any atom is -0.497 e. The predicted octanol–water partition coefficient (Wildman–Crippen LogP) is 8.76. The Morgan fingerprint density at radius 1 is 0.667 bits per heavy atom. The van der Waals surface area contributed by atoms with Gasteiger partial charge in [-0.05, 0) is 42.8 Å². The summed E-state index contributed by atoms with van der Waals surface area (Å²) in [6.45, 7) is 4.28. The van der Waals surface area contributed by atoms with Crippen LogP contribution >= 0.6 is 0 Å². The molecule has 0 N–H and O–H groups in total. The average molecular weight is 540 g/mol. The highest BCUT2D eigenvalue weighted by molar-refractivity contribution is 6.21. The first-order chi connectivity index (χ1) is 19.0. The van der Waals surface area contributed by atoms with E-state index in [0.717, 1.165) is 17.1 Å². The number of rotatable bonds is 20. The van der Waals surface area contributed by atoms with Crippen molar-refractivity contribution in [2.75, 3.05) is 25.7 Å². The van der Waals surface area contributed by atoms with Crippen LogP contribution in [0.5, 0.6) is 17.2 Å². The lowest BCUT2D eigenvalue weighted by atomic mass is 10.0. The van der Waals surface area contributed by atoms with Crippen molar-refractivity contribution in [2.24, 2.45) is 0 Å². The van der Waals surface area contributed by atoms with Gasteiger partial charge in [0, 0.05) is 18.6 Å². The predicted molar refractivity (Wildman–Crippen MR) is 159 cm³/mol. The molecule has 6 nitrogen and oxygen atoms in total. The molecule has 0 aliphatic carbocycles. The summed E-state index contributed by atoms with van der Waals surface area (Å²) in [5, 5.41) is 0. The van der Waals surface area contributed by atoms with Crippen molar-refractivity contribution in [3.8, 4) is 17.2 Å². The normalized spacial score (nSPS) is 10.8. The standard InChI is InChI=1S/C33H49NO5/c1-5-6-7-8-9-10-11-12-13-14-15-16-17-18-25-39-29-21-19-28(20-22-29)33(36)34(27(2)35)31-26-30(37-3)23-24-32(31)38-4/h19-24,26H,5-18,25H2,1-4H3. The van der Waals surface area contributed by atoms with Crippen LogP contribution < -0.4 is 19.1 Å². The zero-order chi connectivity index (χ0) is 28.3. The Morgan fingerprint density at radius 2 is 1.18 bits per heavy atom. The van der Waals surface area contributed by atoms with Crippen molar-refractivity contribution in [3.63, 3.8) is 0 Å². The van der Waals surface area contributed by atoms with Crippen molar-refractivity contribution in [3.05, 3.63) is 48.0 Å². The third kappa shape index (κ3) is 11.7. The molecule has 6 heteroatoms. The zero-order valence-corrected chi connectivity index (χ0v) is 24.6. The summed E-state index contributed by atoms with van der Waals surface area (Å²) in [5.41, 5.74) is 0.728. The van der Waals surface area contributed by atoms with Crippen LogP contribution in [0, 0.1) is 0 Å². The van der Waals surface area contributed by atoms with Crippen molar-refractivity contribution < 1.29 is 23.8 Å². The minimum absolute atomic E-state index is 0.340. The minimum atomic E-state index is -0.437. The molecule has 0 unspecified atom stereocenters. The molecule has 0 aliphatic rings. The molecule has 0 radical (unpaired) electrons. The highest BCUT2D eigenvalue weighted by atomic mass is 16.5. The maximum Gasteiger partial charge on any atom is 0.265 e. The summed E-state index contributed by atoms with van der Waals surface area (Å²) in [4.78, 5) is 26.8. The van der Waals surface area contributed by atoms with Crippen LogP contribution in [0.15, 0.2) is 42.5 Å². The van der Waals surface area contributed by atoms with Crippen molar-refractivity contribution in [2.45, 2.75) is 104 Å². The number of imide groups is 1. The van der Waals surface area contributed by atoms with Gasteiger partial charge in [0.2, 0.25) is 5.91 Å². The van der Waals surface area contributed by atoms with E-state index in [-0.39, 0.29) is 0 Å². The van der Waals surface area contributed by atoms with Gasteiger partial charge in [-0.25, -0.2) is 4.90 Å². The first-order valence-corrected chi connectivity index (χ1v) is 14.8. The van der Waals surface area contributed by atoms with Gasteiger partial charge in [-0.3, -0.25) is 9.59 Å². The number of anilines is 1. The first kappa shape index (κ1) is 32.2. The molecule has 0 bridgehead atoms. The number of benzene rings is 2. The van der Waals surface area contributed by atoms with Crippen LogP contribution in [0.1, 0.15) is 114 Å². The monoisotopic (exact) mass is 539 g/mol. The molecule has 0 spiro atoms. The fourth-order valence-electron chi connectivity index (χ4n) is 4.70. The highest BCUT2D eigenvalue weighted by Gasteiger charge is 2.25. The first-order valence-electron chi connectivity index (χ1n) is 14.8. The van der Waals surface area contributed by atoms with E-state index in [1.165, 1.54) is 105 Å². The van der Waals surface area contributed by atoms with E-state index in [0.29, 0.717) is 29.4 Å². The van der Waals surface area contributed by atoms with Gasteiger partial charge < -0.3 is 14.2 Å². The molecule has 0 aliphatic heterocycles. The number of unbranched alkanes of at least 4 members (excludes halogenated alkanes) is 13. The lowest BCUT2D eigenvalue weighted by molar-refractivity contribution is -0.116. The molecule has 2 rings (SSSR count). The molecule has 216 valence electrons. The number of carbonyl (C=O) groups excluding carboxylic acids is 2. The Kier molecular flexibility index (Phi) is 15.8. The Bertz CT molecular complexity index is 973. The number of carbonyl (C=O) groups is 2. The fraction of sp³-hybridized carbons (Fsp3) is 0.576. The molecule has 0 fully saturated rings. The van der Waals surface area contributed by atoms with E-state index in [1.54, 1.807) is 42.5 Å². The lowest BCUT2D eigenvalue weighted by Gasteiger charge is -2.22. The number of ether oxygens (including phenoxy) is 3. The summed E-state index contributed by atoms with van der Waals surface area (Å²) in [6.07, 6.45) is 18.6. The molecule has 2 aromatic carbocycles. The second-order valence-electron chi connectivity index (χ2n) is 10.2. The highest BCUT2D eigenvalue weighted by Crippen LogP contribution is 2.33. The van der Waals surface area contributed by atoms with Crippen LogP contribution in [0.4, 0.5) is 5.69 Å². The SMILES string of the molecule is CCCCCCCCCCCCCCCCOc1ccc(C(=O)N(C(C)=O)c2cc(OC)ccc2OC)cc1. The zero-order valence-electron chi connectivity index (χ0n) is 24.6. The second kappa shape index (κ2) is 19.1. The second-order valence-corrected chi connectivity index (χ2v) is 10.2. The lowest BCUT2D eigenvalue weighted by Crippen LogP contribution is -2.35. The van der Waals surface area contributed by atoms with E-state index in [4.69, 9.17) is 14.2 Å². The third-order valence-corrected chi connectivity index (χ3v) is 7.01. The van der Waals surface area contributed by atoms with Gasteiger partial charge in [0.05, 0.1) is 26.5 Å². The van der Waals surface area contributed by atoms with Crippen LogP contribution in [0.3, 0.4) is 0 Å². The smallest absolute Gasteiger partial charge is 0.265 e. The Balaban J connectivity index is 1.68. The molecular formula is C33H49NO5. The largest absolute Gasteiger partial charge is 0.497 e. The van der Waals surface area contributed by atoms with E-state index in [9.17, 15) is 9.59 Å². The van der Waals surface area contributed by atoms with E-state index >= 15 is 0 Å². The molecule has 0 atom stereocenters. The number of hydrogen-bond donors (Lipinski definition) is 0. The molecular weight excluding hydrogens is 490 g/mol. The number of nitrogens with zero attached hydrogens (tertiary/aromatic N) is 1. The Hall–Kier alpha value is -3.02. The molecule has 0 heterocycles. The van der Waals surface area contributed by atoms with Gasteiger partial charge in [-0.1, -0.05) is 90.4 Å². The summed E-state index contributed by atoms with van der Waals surface area (Å²) >= 11 is 0. The maximum absolute atomic E-state index is 13.2. The molecule has 2 amide bonds. The number of methoxy groups -OCH3 is 2. The summed E-state index contributed by atoms with van der Waals surface area (Å²) < 4.78 is 16.5. The van der Waals surface area contributed by atoms with Gasteiger partial charge in [-0.15, -0.1) is 0 Å². The van der Waals surface area contributed by atoms with Crippen molar-refractivity contribution in [1.82, 2.24) is 0 Å². The fourth-order valence-corrected chi connectivity index (χ4v) is 4.70. The molecule has 2 aromatic rings. The van der Waals surface area contributed by atoms with E-state index < -0.39 is 11.8 Å². The topological polar surface area (TPSA) is 65.1 Å². The molecule has 0 saturated heterocycles. The van der Waals surface area contributed by atoms with Gasteiger partial charge in [-0.2, -0.15) is 0 Å². The molecule has 0 aromatic heterocycles. The Morgan fingerprint density at radius 3 is 1.67 bits per heavy atom. The van der Waals surface area contributed by atoms with Crippen molar-refractivity contribution >= 4 is 17.5 Å². The van der Waals surface area contributed by atoms with Gasteiger partial charge >= 0.3 is 0 Å². The molecule has 39 heavy (non-hydrogen) atoms. The van der Waals surface area contributed by atoms with Gasteiger partial charge in [0.15, 0.2) is 0 Å². The Labute approximate surface area is 236 Å². The number of amides is 2.